The molecular weight excluding hydrogens is 410 g/mol. The van der Waals surface area contributed by atoms with Crippen molar-refractivity contribution in [3.05, 3.63) is 55.6 Å². The molecule has 0 spiro atoms. The van der Waals surface area contributed by atoms with E-state index >= 15 is 0 Å². The maximum Gasteiger partial charge on any atom is 0.250 e. The third-order valence-electron chi connectivity index (χ3n) is 3.36. The highest BCUT2D eigenvalue weighted by Gasteiger charge is 2.11. The summed E-state index contributed by atoms with van der Waals surface area (Å²) in [6.45, 7) is 6.16. The number of pyridine rings is 1. The standard InChI is InChI=1S/C15H19N5.2BrH/c1-3-17-8-10-19(12-17)14-6-5-7-15(16-14)20-11-9-18(4-2)13-20;;/h5-13H,3-4H2,1-2H3;2*1H/q+2;;/p-2. The summed E-state index contributed by atoms with van der Waals surface area (Å²) in [5.41, 5.74) is 0. The van der Waals surface area contributed by atoms with Gasteiger partial charge in [0.2, 0.25) is 24.3 Å². The van der Waals surface area contributed by atoms with Gasteiger partial charge in [-0.1, -0.05) is 6.07 Å². The number of hydrogen-bond donors (Lipinski definition) is 0. The van der Waals surface area contributed by atoms with E-state index < -0.39 is 0 Å². The second kappa shape index (κ2) is 8.24. The van der Waals surface area contributed by atoms with Gasteiger partial charge in [-0.05, 0) is 13.8 Å². The zero-order valence-electron chi connectivity index (χ0n) is 12.6. The molecule has 0 aromatic carbocycles. The lowest BCUT2D eigenvalue weighted by Gasteiger charge is -1.97. The highest BCUT2D eigenvalue weighted by molar-refractivity contribution is 5.31. The van der Waals surface area contributed by atoms with E-state index in [-0.39, 0.29) is 34.0 Å². The zero-order valence-corrected chi connectivity index (χ0v) is 15.8. The Morgan fingerprint density at radius 2 is 1.32 bits per heavy atom. The average Bonchev–Trinajstić information content (AvgIpc) is 3.16. The molecule has 0 aliphatic carbocycles. The number of halogens is 2. The van der Waals surface area contributed by atoms with Gasteiger partial charge in [0.15, 0.2) is 0 Å². The fraction of sp³-hybridized carbons (Fsp3) is 0.267. The molecule has 0 saturated heterocycles. The predicted octanol–water partition coefficient (Wildman–Crippen LogP) is -4.71. The molecule has 0 fully saturated rings. The maximum absolute atomic E-state index is 4.71. The van der Waals surface area contributed by atoms with Crippen LogP contribution in [0.25, 0.3) is 11.6 Å². The number of aryl methyl sites for hydroxylation is 2. The summed E-state index contributed by atoms with van der Waals surface area (Å²) in [6.07, 6.45) is 12.3. The molecule has 0 bridgehead atoms. The van der Waals surface area contributed by atoms with E-state index in [1.165, 1.54) is 0 Å². The highest BCUT2D eigenvalue weighted by Crippen LogP contribution is 2.08. The zero-order chi connectivity index (χ0) is 13.9. The molecule has 0 amide bonds. The van der Waals surface area contributed by atoms with Crippen LogP contribution in [0.5, 0.6) is 0 Å². The van der Waals surface area contributed by atoms with Crippen molar-refractivity contribution in [3.8, 4) is 11.6 Å². The van der Waals surface area contributed by atoms with Gasteiger partial charge in [0.25, 0.3) is 0 Å². The molecule has 118 valence electrons. The Hall–Kier alpha value is -1.47. The van der Waals surface area contributed by atoms with E-state index in [0.717, 1.165) is 24.7 Å². The Kier molecular flexibility index (Phi) is 6.96. The first-order valence-electron chi connectivity index (χ1n) is 6.92. The summed E-state index contributed by atoms with van der Waals surface area (Å²) < 4.78 is 8.30. The van der Waals surface area contributed by atoms with Crippen LogP contribution >= 0.6 is 0 Å². The van der Waals surface area contributed by atoms with Crippen LogP contribution in [0.4, 0.5) is 0 Å². The van der Waals surface area contributed by atoms with Crippen molar-refractivity contribution in [1.82, 2.24) is 14.1 Å². The van der Waals surface area contributed by atoms with Crippen molar-refractivity contribution in [1.29, 1.82) is 0 Å². The number of aromatic nitrogens is 5. The van der Waals surface area contributed by atoms with Gasteiger partial charge >= 0.3 is 0 Å². The van der Waals surface area contributed by atoms with Gasteiger partial charge < -0.3 is 34.0 Å². The van der Waals surface area contributed by atoms with E-state index in [1.54, 1.807) is 0 Å². The Labute approximate surface area is 151 Å². The number of imidazole rings is 2. The normalized spacial score (nSPS) is 9.91. The van der Waals surface area contributed by atoms with Crippen LogP contribution < -0.4 is 43.1 Å². The van der Waals surface area contributed by atoms with Crippen molar-refractivity contribution in [2.24, 2.45) is 0 Å². The fourth-order valence-electron chi connectivity index (χ4n) is 2.13. The van der Waals surface area contributed by atoms with Crippen LogP contribution in [0.1, 0.15) is 13.8 Å². The summed E-state index contributed by atoms with van der Waals surface area (Å²) in [6, 6.07) is 6.06. The van der Waals surface area contributed by atoms with E-state index in [0.29, 0.717) is 0 Å². The van der Waals surface area contributed by atoms with Gasteiger partial charge in [-0.25, -0.2) is 9.13 Å². The Bertz CT molecular complexity index is 663. The van der Waals surface area contributed by atoms with Crippen molar-refractivity contribution in [3.63, 3.8) is 0 Å². The summed E-state index contributed by atoms with van der Waals surface area (Å²) in [5, 5.41) is 0. The minimum Gasteiger partial charge on any atom is -1.00 e. The molecule has 0 N–H and O–H groups in total. The Morgan fingerprint density at radius 1 is 0.864 bits per heavy atom. The molecule has 7 heteroatoms. The smallest absolute Gasteiger partial charge is 0.250 e. The van der Waals surface area contributed by atoms with Crippen LogP contribution in [0, 0.1) is 0 Å². The monoisotopic (exact) mass is 427 g/mol. The van der Waals surface area contributed by atoms with E-state index in [9.17, 15) is 0 Å². The summed E-state index contributed by atoms with van der Waals surface area (Å²) in [5.74, 6) is 1.85. The third kappa shape index (κ3) is 3.84. The van der Waals surface area contributed by atoms with E-state index in [1.807, 2.05) is 52.4 Å². The van der Waals surface area contributed by atoms with Crippen LogP contribution in [-0.4, -0.2) is 14.1 Å². The molecule has 0 unspecified atom stereocenters. The molecule has 0 atom stereocenters. The van der Waals surface area contributed by atoms with Crippen LogP contribution in [0.3, 0.4) is 0 Å². The average molecular weight is 429 g/mol. The van der Waals surface area contributed by atoms with Crippen molar-refractivity contribution in [2.45, 2.75) is 26.9 Å². The molecule has 3 heterocycles. The quantitative estimate of drug-likeness (QED) is 0.384. The van der Waals surface area contributed by atoms with Gasteiger partial charge in [0.1, 0.15) is 24.8 Å². The van der Waals surface area contributed by atoms with Gasteiger partial charge in [-0.2, -0.15) is 14.1 Å². The first-order valence-corrected chi connectivity index (χ1v) is 6.92. The second-order valence-electron chi connectivity index (χ2n) is 4.66. The summed E-state index contributed by atoms with van der Waals surface area (Å²) in [7, 11) is 0. The molecule has 5 nitrogen and oxygen atoms in total. The molecule has 3 aromatic rings. The van der Waals surface area contributed by atoms with Crippen molar-refractivity contribution < 1.29 is 43.1 Å². The molecule has 22 heavy (non-hydrogen) atoms. The van der Waals surface area contributed by atoms with Gasteiger partial charge in [-0.15, -0.1) is 0 Å². The first kappa shape index (κ1) is 18.6. The topological polar surface area (TPSA) is 30.5 Å². The molecule has 0 aliphatic heterocycles. The van der Waals surface area contributed by atoms with E-state index in [2.05, 4.69) is 35.4 Å². The van der Waals surface area contributed by atoms with Crippen molar-refractivity contribution >= 4 is 0 Å². The number of nitrogens with zero attached hydrogens (tertiary/aromatic N) is 5. The Balaban J connectivity index is 0.00000121. The molecule has 0 saturated carbocycles. The summed E-state index contributed by atoms with van der Waals surface area (Å²) in [4.78, 5) is 4.71. The molecule has 0 aliphatic rings. The van der Waals surface area contributed by atoms with Gasteiger partial charge in [0, 0.05) is 12.1 Å². The lowest BCUT2D eigenvalue weighted by atomic mass is 10.4. The van der Waals surface area contributed by atoms with Crippen LogP contribution in [0.15, 0.2) is 55.6 Å². The minimum absolute atomic E-state index is 0. The number of rotatable bonds is 4. The SMILES string of the molecule is CC[n+]1ccn(-c2cccc(-n3cc[n+](CC)c3)n2)c1.[Br-].[Br-]. The minimum atomic E-state index is 0. The summed E-state index contributed by atoms with van der Waals surface area (Å²) >= 11 is 0. The lowest BCUT2D eigenvalue weighted by Crippen LogP contribution is -3.00. The van der Waals surface area contributed by atoms with Crippen molar-refractivity contribution in [2.75, 3.05) is 0 Å². The fourth-order valence-corrected chi connectivity index (χ4v) is 2.13. The second-order valence-corrected chi connectivity index (χ2v) is 4.66. The highest BCUT2D eigenvalue weighted by atomic mass is 79.9. The van der Waals surface area contributed by atoms with Gasteiger partial charge in [0.05, 0.1) is 13.1 Å². The molecular formula is C15H19Br2N5. The third-order valence-corrected chi connectivity index (χ3v) is 3.36. The van der Waals surface area contributed by atoms with Gasteiger partial charge in [-0.3, -0.25) is 0 Å². The number of hydrogen-bond acceptors (Lipinski definition) is 1. The largest absolute Gasteiger partial charge is 1.00 e. The molecule has 3 rings (SSSR count). The van der Waals surface area contributed by atoms with Crippen LogP contribution in [-0.2, 0) is 13.1 Å². The lowest BCUT2D eigenvalue weighted by molar-refractivity contribution is -0.692. The maximum atomic E-state index is 4.71. The van der Waals surface area contributed by atoms with E-state index in [4.69, 9.17) is 4.98 Å². The molecule has 0 radical (unpaired) electrons. The van der Waals surface area contributed by atoms with Crippen LogP contribution in [0.2, 0.25) is 0 Å². The first-order chi connectivity index (χ1) is 9.80. The predicted molar refractivity (Wildman–Crippen MR) is 74.6 cm³/mol. The Morgan fingerprint density at radius 3 is 1.68 bits per heavy atom. The molecule has 3 aromatic heterocycles.